The predicted octanol–water partition coefficient (Wildman–Crippen LogP) is 3.59. The van der Waals surface area contributed by atoms with Crippen LogP contribution in [0, 0.1) is 0 Å². The number of nitrogens with zero attached hydrogens (tertiary/aromatic N) is 1. The van der Waals surface area contributed by atoms with E-state index < -0.39 is 0 Å². The minimum atomic E-state index is 0.132. The molecular formula is C13H16BrNOS. The average Bonchev–Trinajstić information content (AvgIpc) is 2.28. The number of benzene rings is 1. The lowest BCUT2D eigenvalue weighted by atomic mass is 10.1. The number of rotatable bonds is 2. The number of ketones is 1. The first-order chi connectivity index (χ1) is 8.08. The molecule has 2 rings (SSSR count). The smallest absolute Gasteiger partial charge is 0.161 e. The van der Waals surface area contributed by atoms with Crippen molar-refractivity contribution in [3.8, 4) is 0 Å². The number of hydrogen-bond acceptors (Lipinski definition) is 3. The molecule has 0 saturated carbocycles. The van der Waals surface area contributed by atoms with Crippen molar-refractivity contribution in [1.29, 1.82) is 0 Å². The highest BCUT2D eigenvalue weighted by molar-refractivity contribution is 9.10. The van der Waals surface area contributed by atoms with Gasteiger partial charge in [0.25, 0.3) is 0 Å². The van der Waals surface area contributed by atoms with Crippen molar-refractivity contribution in [3.63, 3.8) is 0 Å². The summed E-state index contributed by atoms with van der Waals surface area (Å²) in [6.45, 7) is 5.92. The van der Waals surface area contributed by atoms with Crippen LogP contribution in [0.4, 0.5) is 5.69 Å². The van der Waals surface area contributed by atoms with Gasteiger partial charge in [-0.2, -0.15) is 11.8 Å². The third kappa shape index (κ3) is 3.05. The molecule has 17 heavy (non-hydrogen) atoms. The fourth-order valence-electron chi connectivity index (χ4n) is 2.10. The molecule has 1 heterocycles. The van der Waals surface area contributed by atoms with Gasteiger partial charge in [0.2, 0.25) is 0 Å². The standard InChI is InChI=1S/C13H16BrNOS/c1-9-8-15(5-6-17-9)13-4-3-11(14)7-12(13)10(2)16/h3-4,7,9H,5-6,8H2,1-2H3. The van der Waals surface area contributed by atoms with Crippen molar-refractivity contribution < 1.29 is 4.79 Å². The van der Waals surface area contributed by atoms with Crippen molar-refractivity contribution in [3.05, 3.63) is 28.2 Å². The molecule has 2 nitrogen and oxygen atoms in total. The zero-order chi connectivity index (χ0) is 12.4. The van der Waals surface area contributed by atoms with Crippen LogP contribution < -0.4 is 4.90 Å². The largest absolute Gasteiger partial charge is 0.369 e. The van der Waals surface area contributed by atoms with Gasteiger partial charge in [-0.15, -0.1) is 0 Å². The van der Waals surface area contributed by atoms with Crippen molar-refractivity contribution in [2.45, 2.75) is 19.1 Å². The van der Waals surface area contributed by atoms with E-state index in [1.807, 2.05) is 30.0 Å². The van der Waals surface area contributed by atoms with Gasteiger partial charge in [-0.3, -0.25) is 4.79 Å². The maximum atomic E-state index is 11.7. The fraction of sp³-hybridized carbons (Fsp3) is 0.462. The van der Waals surface area contributed by atoms with E-state index in [2.05, 4.69) is 27.8 Å². The Labute approximate surface area is 115 Å². The van der Waals surface area contributed by atoms with E-state index >= 15 is 0 Å². The maximum Gasteiger partial charge on any atom is 0.161 e. The minimum Gasteiger partial charge on any atom is -0.369 e. The molecule has 0 N–H and O–H groups in total. The molecule has 1 saturated heterocycles. The SMILES string of the molecule is CC(=O)c1cc(Br)ccc1N1CCSC(C)C1. The van der Waals surface area contributed by atoms with Gasteiger partial charge in [0.1, 0.15) is 0 Å². The number of thioether (sulfide) groups is 1. The van der Waals surface area contributed by atoms with Crippen molar-refractivity contribution in [1.82, 2.24) is 0 Å². The van der Waals surface area contributed by atoms with Crippen LogP contribution in [0.1, 0.15) is 24.2 Å². The van der Waals surface area contributed by atoms with E-state index in [0.717, 1.165) is 34.6 Å². The van der Waals surface area contributed by atoms with Crippen LogP contribution in [0.5, 0.6) is 0 Å². The first-order valence-electron chi connectivity index (χ1n) is 5.75. The van der Waals surface area contributed by atoms with Gasteiger partial charge >= 0.3 is 0 Å². The summed E-state index contributed by atoms with van der Waals surface area (Å²) in [4.78, 5) is 14.0. The summed E-state index contributed by atoms with van der Waals surface area (Å²) in [7, 11) is 0. The van der Waals surface area contributed by atoms with Crippen LogP contribution in [-0.2, 0) is 0 Å². The third-order valence-corrected chi connectivity index (χ3v) is 4.55. The molecule has 0 spiro atoms. The van der Waals surface area contributed by atoms with Crippen LogP contribution >= 0.6 is 27.7 Å². The van der Waals surface area contributed by atoms with E-state index in [-0.39, 0.29) is 5.78 Å². The highest BCUT2D eigenvalue weighted by Crippen LogP contribution is 2.29. The molecule has 1 aliphatic heterocycles. The number of anilines is 1. The molecule has 0 radical (unpaired) electrons. The Bertz CT molecular complexity index is 435. The summed E-state index contributed by atoms with van der Waals surface area (Å²) in [6, 6.07) is 5.97. The number of Topliss-reactive ketones (excluding diaryl/α,β-unsaturated/α-hetero) is 1. The minimum absolute atomic E-state index is 0.132. The average molecular weight is 314 g/mol. The summed E-state index contributed by atoms with van der Waals surface area (Å²) in [5, 5.41) is 0.632. The Morgan fingerprint density at radius 1 is 1.53 bits per heavy atom. The van der Waals surface area contributed by atoms with Crippen molar-refractivity contribution >= 4 is 39.2 Å². The van der Waals surface area contributed by atoms with E-state index in [0.29, 0.717) is 5.25 Å². The lowest BCUT2D eigenvalue weighted by molar-refractivity contribution is 0.101. The molecule has 0 bridgehead atoms. The lowest BCUT2D eigenvalue weighted by Gasteiger charge is -2.33. The van der Waals surface area contributed by atoms with E-state index in [4.69, 9.17) is 0 Å². The van der Waals surface area contributed by atoms with Crippen molar-refractivity contribution in [2.24, 2.45) is 0 Å². The number of carbonyl (C=O) groups excluding carboxylic acids is 1. The molecule has 4 heteroatoms. The lowest BCUT2D eigenvalue weighted by Crippen LogP contribution is -2.37. The Morgan fingerprint density at radius 2 is 2.29 bits per heavy atom. The predicted molar refractivity (Wildman–Crippen MR) is 78.3 cm³/mol. The first-order valence-corrected chi connectivity index (χ1v) is 7.59. The highest BCUT2D eigenvalue weighted by atomic mass is 79.9. The highest BCUT2D eigenvalue weighted by Gasteiger charge is 2.20. The zero-order valence-electron chi connectivity index (χ0n) is 10.1. The van der Waals surface area contributed by atoms with Crippen LogP contribution in [0.15, 0.2) is 22.7 Å². The number of carbonyl (C=O) groups is 1. The Kier molecular flexibility index (Phi) is 4.15. The second-order valence-electron chi connectivity index (χ2n) is 4.35. The summed E-state index contributed by atoms with van der Waals surface area (Å²) in [5.41, 5.74) is 1.89. The van der Waals surface area contributed by atoms with Gasteiger partial charge < -0.3 is 4.90 Å². The van der Waals surface area contributed by atoms with Crippen molar-refractivity contribution in [2.75, 3.05) is 23.7 Å². The Morgan fingerprint density at radius 3 is 2.94 bits per heavy atom. The molecule has 0 amide bonds. The Balaban J connectivity index is 2.33. The number of halogens is 1. The molecule has 1 atom stereocenters. The van der Waals surface area contributed by atoms with Gasteiger partial charge in [0.05, 0.1) is 0 Å². The molecule has 92 valence electrons. The normalized spacial score (nSPS) is 20.4. The monoisotopic (exact) mass is 313 g/mol. The molecule has 0 aliphatic carbocycles. The molecular weight excluding hydrogens is 298 g/mol. The zero-order valence-corrected chi connectivity index (χ0v) is 12.5. The van der Waals surface area contributed by atoms with Crippen LogP contribution in [0.3, 0.4) is 0 Å². The topological polar surface area (TPSA) is 20.3 Å². The van der Waals surface area contributed by atoms with Gasteiger partial charge in [-0.05, 0) is 25.1 Å². The molecule has 1 fully saturated rings. The van der Waals surface area contributed by atoms with E-state index in [1.165, 1.54) is 0 Å². The Hall–Kier alpha value is -0.480. The van der Waals surface area contributed by atoms with Crippen LogP contribution in [0.25, 0.3) is 0 Å². The summed E-state index contributed by atoms with van der Waals surface area (Å²) in [6.07, 6.45) is 0. The van der Waals surface area contributed by atoms with E-state index in [1.54, 1.807) is 6.92 Å². The molecule has 1 aromatic carbocycles. The molecule has 1 unspecified atom stereocenters. The van der Waals surface area contributed by atoms with Crippen LogP contribution in [0.2, 0.25) is 0 Å². The van der Waals surface area contributed by atoms with Gasteiger partial charge in [0, 0.05) is 39.8 Å². The van der Waals surface area contributed by atoms with Gasteiger partial charge in [0.15, 0.2) is 5.78 Å². The van der Waals surface area contributed by atoms with Gasteiger partial charge in [-0.1, -0.05) is 22.9 Å². The first kappa shape index (κ1) is 13.0. The molecule has 1 aliphatic rings. The number of hydrogen-bond donors (Lipinski definition) is 0. The molecule has 1 aromatic rings. The second kappa shape index (κ2) is 5.44. The fourth-order valence-corrected chi connectivity index (χ4v) is 3.48. The maximum absolute atomic E-state index is 11.7. The van der Waals surface area contributed by atoms with Crippen LogP contribution in [-0.4, -0.2) is 29.9 Å². The summed E-state index contributed by atoms with van der Waals surface area (Å²) < 4.78 is 0.964. The quantitative estimate of drug-likeness (QED) is 0.778. The second-order valence-corrected chi connectivity index (χ2v) is 6.81. The summed E-state index contributed by atoms with van der Waals surface area (Å²) >= 11 is 5.42. The van der Waals surface area contributed by atoms with Gasteiger partial charge in [-0.25, -0.2) is 0 Å². The third-order valence-electron chi connectivity index (χ3n) is 2.92. The summed E-state index contributed by atoms with van der Waals surface area (Å²) in [5.74, 6) is 1.27. The molecule has 0 aromatic heterocycles. The van der Waals surface area contributed by atoms with E-state index in [9.17, 15) is 4.79 Å².